The molecular formula is C23H22F2N4O. The summed E-state index contributed by atoms with van der Waals surface area (Å²) in [4.78, 5) is 15.2. The number of benzene rings is 2. The second-order valence-electron chi connectivity index (χ2n) is 7.77. The van der Waals surface area contributed by atoms with Gasteiger partial charge in [0, 0.05) is 24.3 Å². The molecule has 1 aliphatic heterocycles. The third-order valence-electron chi connectivity index (χ3n) is 5.90. The van der Waals surface area contributed by atoms with E-state index in [4.69, 9.17) is 0 Å². The normalized spacial score (nSPS) is 15.5. The topological polar surface area (TPSA) is 50.2 Å². The van der Waals surface area contributed by atoms with Gasteiger partial charge in [0.2, 0.25) is 0 Å². The van der Waals surface area contributed by atoms with Gasteiger partial charge in [0.25, 0.3) is 5.91 Å². The number of anilines is 2. The highest BCUT2D eigenvalue weighted by Gasteiger charge is 2.29. The molecule has 0 atom stereocenters. The van der Waals surface area contributed by atoms with Crippen LogP contribution in [0.5, 0.6) is 0 Å². The number of halogens is 2. The summed E-state index contributed by atoms with van der Waals surface area (Å²) in [5.74, 6) is -1.33. The Balaban J connectivity index is 1.52. The second kappa shape index (κ2) is 7.55. The number of amides is 1. The molecule has 0 saturated carbocycles. The van der Waals surface area contributed by atoms with Crippen molar-refractivity contribution in [2.24, 2.45) is 0 Å². The minimum Gasteiger partial charge on any atom is -0.370 e. The highest BCUT2D eigenvalue weighted by atomic mass is 19.1. The predicted octanol–water partition coefficient (Wildman–Crippen LogP) is 4.49. The van der Waals surface area contributed by atoms with Crippen molar-refractivity contribution in [1.82, 2.24) is 9.78 Å². The monoisotopic (exact) mass is 408 g/mol. The first-order valence-electron chi connectivity index (χ1n) is 10.3. The SMILES string of the molecule is O=C(Nc1c(F)cccc1N1CCCC1)c1nn(-c2ccccc2F)c2c1CCC2. The standard InChI is InChI=1S/C23H22F2N4O/c24-16-8-1-2-10-19(16)29-18-11-5-7-15(18)21(27-29)23(30)26-22-17(25)9-6-12-20(22)28-13-3-4-14-28/h1-2,6,8-10,12H,3-5,7,11,13-14H2,(H,26,30). The summed E-state index contributed by atoms with van der Waals surface area (Å²) >= 11 is 0. The van der Waals surface area contributed by atoms with Crippen LogP contribution in [0.15, 0.2) is 42.5 Å². The Labute approximate surface area is 173 Å². The number of nitrogens with one attached hydrogen (secondary N) is 1. The van der Waals surface area contributed by atoms with Gasteiger partial charge < -0.3 is 10.2 Å². The maximum Gasteiger partial charge on any atom is 0.276 e. The zero-order valence-corrected chi connectivity index (χ0v) is 16.5. The lowest BCUT2D eigenvalue weighted by atomic mass is 10.1. The van der Waals surface area contributed by atoms with E-state index >= 15 is 0 Å². The molecule has 2 aromatic carbocycles. The third kappa shape index (κ3) is 3.14. The Morgan fingerprint density at radius 1 is 0.900 bits per heavy atom. The summed E-state index contributed by atoms with van der Waals surface area (Å²) in [6, 6.07) is 11.2. The number of hydrogen-bond acceptors (Lipinski definition) is 3. The van der Waals surface area contributed by atoms with Crippen molar-refractivity contribution >= 4 is 17.3 Å². The van der Waals surface area contributed by atoms with Gasteiger partial charge in [-0.1, -0.05) is 18.2 Å². The van der Waals surface area contributed by atoms with Crippen LogP contribution in [0.1, 0.15) is 41.0 Å². The molecule has 1 N–H and O–H groups in total. The zero-order chi connectivity index (χ0) is 20.7. The van der Waals surface area contributed by atoms with E-state index in [-0.39, 0.29) is 11.4 Å². The van der Waals surface area contributed by atoms with Crippen LogP contribution < -0.4 is 10.2 Å². The van der Waals surface area contributed by atoms with E-state index < -0.39 is 17.5 Å². The molecule has 1 aromatic heterocycles. The van der Waals surface area contributed by atoms with E-state index in [1.807, 2.05) is 6.07 Å². The highest BCUT2D eigenvalue weighted by Crippen LogP contribution is 2.33. The van der Waals surface area contributed by atoms with Gasteiger partial charge in [0.05, 0.1) is 5.69 Å². The summed E-state index contributed by atoms with van der Waals surface area (Å²) in [6.07, 6.45) is 4.39. The van der Waals surface area contributed by atoms with Gasteiger partial charge in [0.15, 0.2) is 5.69 Å². The van der Waals surface area contributed by atoms with Crippen LogP contribution in [-0.2, 0) is 12.8 Å². The van der Waals surface area contributed by atoms with Gasteiger partial charge in [-0.15, -0.1) is 0 Å². The Bertz CT molecular complexity index is 1120. The van der Waals surface area contributed by atoms with Crippen molar-refractivity contribution < 1.29 is 13.6 Å². The average Bonchev–Trinajstić information content (AvgIpc) is 3.48. The number of para-hydroxylation sites is 2. The highest BCUT2D eigenvalue weighted by molar-refractivity contribution is 6.06. The number of fused-ring (bicyclic) bond motifs is 1. The molecule has 3 aromatic rings. The lowest BCUT2D eigenvalue weighted by Crippen LogP contribution is -2.22. The quantitative estimate of drug-likeness (QED) is 0.692. The maximum atomic E-state index is 14.7. The van der Waals surface area contributed by atoms with Gasteiger partial charge in [0.1, 0.15) is 23.0 Å². The molecule has 0 spiro atoms. The fourth-order valence-corrected chi connectivity index (χ4v) is 4.47. The zero-order valence-electron chi connectivity index (χ0n) is 16.5. The summed E-state index contributed by atoms with van der Waals surface area (Å²) in [5, 5.41) is 7.20. The van der Waals surface area contributed by atoms with E-state index in [9.17, 15) is 13.6 Å². The van der Waals surface area contributed by atoms with Crippen molar-refractivity contribution in [3.8, 4) is 5.69 Å². The molecule has 2 heterocycles. The molecule has 0 bridgehead atoms. The van der Waals surface area contributed by atoms with Crippen molar-refractivity contribution in [2.45, 2.75) is 32.1 Å². The van der Waals surface area contributed by atoms with Crippen LogP contribution >= 0.6 is 0 Å². The van der Waals surface area contributed by atoms with Crippen molar-refractivity contribution in [1.29, 1.82) is 0 Å². The van der Waals surface area contributed by atoms with Crippen LogP contribution in [0.2, 0.25) is 0 Å². The first-order valence-corrected chi connectivity index (χ1v) is 10.3. The van der Waals surface area contributed by atoms with E-state index in [0.29, 0.717) is 17.8 Å². The van der Waals surface area contributed by atoms with Gasteiger partial charge >= 0.3 is 0 Å². The Morgan fingerprint density at radius 2 is 1.63 bits per heavy atom. The predicted molar refractivity (Wildman–Crippen MR) is 111 cm³/mol. The number of hydrogen-bond donors (Lipinski definition) is 1. The van der Waals surface area contributed by atoms with Gasteiger partial charge in [-0.05, 0) is 56.4 Å². The molecule has 30 heavy (non-hydrogen) atoms. The molecule has 1 saturated heterocycles. The van der Waals surface area contributed by atoms with Crippen molar-refractivity contribution in [3.05, 3.63) is 71.1 Å². The molecule has 0 radical (unpaired) electrons. The largest absolute Gasteiger partial charge is 0.370 e. The van der Waals surface area contributed by atoms with Gasteiger partial charge in [-0.25, -0.2) is 13.5 Å². The van der Waals surface area contributed by atoms with Crippen LogP contribution in [0.25, 0.3) is 5.69 Å². The molecule has 7 heteroatoms. The fourth-order valence-electron chi connectivity index (χ4n) is 4.47. The average molecular weight is 408 g/mol. The summed E-state index contributed by atoms with van der Waals surface area (Å²) in [5.41, 5.74) is 3.08. The maximum absolute atomic E-state index is 14.7. The Morgan fingerprint density at radius 3 is 2.43 bits per heavy atom. The summed E-state index contributed by atoms with van der Waals surface area (Å²) < 4.78 is 30.5. The Hall–Kier alpha value is -3.22. The van der Waals surface area contributed by atoms with Crippen LogP contribution in [0.4, 0.5) is 20.2 Å². The molecule has 154 valence electrons. The lowest BCUT2D eigenvalue weighted by Gasteiger charge is -2.21. The molecule has 1 fully saturated rings. The number of nitrogens with zero attached hydrogens (tertiary/aromatic N) is 3. The smallest absolute Gasteiger partial charge is 0.276 e. The molecule has 1 aliphatic carbocycles. The third-order valence-corrected chi connectivity index (χ3v) is 5.90. The van der Waals surface area contributed by atoms with E-state index in [2.05, 4.69) is 15.3 Å². The van der Waals surface area contributed by atoms with Crippen molar-refractivity contribution in [3.63, 3.8) is 0 Å². The number of carbonyl (C=O) groups is 1. The Kier molecular flexibility index (Phi) is 4.73. The minimum atomic E-state index is -0.474. The molecule has 0 unspecified atom stereocenters. The van der Waals surface area contributed by atoms with E-state index in [0.717, 1.165) is 50.0 Å². The van der Waals surface area contributed by atoms with Gasteiger partial charge in [-0.3, -0.25) is 4.79 Å². The molecule has 1 amide bonds. The summed E-state index contributed by atoms with van der Waals surface area (Å²) in [6.45, 7) is 1.67. The minimum absolute atomic E-state index is 0.177. The fraction of sp³-hybridized carbons (Fsp3) is 0.304. The lowest BCUT2D eigenvalue weighted by molar-refractivity contribution is 0.102. The molecule has 2 aliphatic rings. The number of rotatable bonds is 4. The van der Waals surface area contributed by atoms with Crippen molar-refractivity contribution in [2.75, 3.05) is 23.3 Å². The van der Waals surface area contributed by atoms with E-state index in [1.165, 1.54) is 16.8 Å². The first-order chi connectivity index (χ1) is 14.6. The molecule has 5 nitrogen and oxygen atoms in total. The summed E-state index contributed by atoms with van der Waals surface area (Å²) in [7, 11) is 0. The number of carbonyl (C=O) groups excluding carboxylic acids is 1. The van der Waals surface area contributed by atoms with Crippen LogP contribution in [-0.4, -0.2) is 28.8 Å². The molecule has 5 rings (SSSR count). The second-order valence-corrected chi connectivity index (χ2v) is 7.77. The number of aromatic nitrogens is 2. The van der Waals surface area contributed by atoms with E-state index in [1.54, 1.807) is 24.3 Å². The molecular weight excluding hydrogens is 386 g/mol. The first kappa shape index (κ1) is 18.8. The van der Waals surface area contributed by atoms with Gasteiger partial charge in [-0.2, -0.15) is 5.10 Å². The van der Waals surface area contributed by atoms with Crippen LogP contribution in [0, 0.1) is 11.6 Å². The van der Waals surface area contributed by atoms with Crippen LogP contribution in [0.3, 0.4) is 0 Å².